The van der Waals surface area contributed by atoms with Gasteiger partial charge in [-0.3, -0.25) is 9.78 Å². The van der Waals surface area contributed by atoms with Crippen LogP contribution >= 0.6 is 0 Å². The Balaban J connectivity index is 1.20. The fraction of sp³-hybridized carbons (Fsp3) is 0.455. The summed E-state index contributed by atoms with van der Waals surface area (Å²) in [7, 11) is 0. The van der Waals surface area contributed by atoms with Crippen LogP contribution in [0.15, 0.2) is 42.7 Å². The van der Waals surface area contributed by atoms with Gasteiger partial charge in [-0.15, -0.1) is 0 Å². The summed E-state index contributed by atoms with van der Waals surface area (Å²) in [6, 6.07) is 10.8. The SMILES string of the molecule is Cc1cncc(N2CC3CC3(NC(=O)Cc3ccc(C4CC4)cc3)C2)c1. The average molecular weight is 347 g/mol. The summed E-state index contributed by atoms with van der Waals surface area (Å²) < 4.78 is 0. The first-order chi connectivity index (χ1) is 12.6. The lowest BCUT2D eigenvalue weighted by atomic mass is 10.1. The second-order valence-electron chi connectivity index (χ2n) is 8.40. The number of piperidine rings is 1. The molecule has 1 aromatic carbocycles. The van der Waals surface area contributed by atoms with Gasteiger partial charge >= 0.3 is 0 Å². The molecule has 2 saturated carbocycles. The first-order valence-corrected chi connectivity index (χ1v) is 9.68. The Morgan fingerprint density at radius 3 is 2.81 bits per heavy atom. The summed E-state index contributed by atoms with van der Waals surface area (Å²) in [5, 5.41) is 3.34. The fourth-order valence-corrected chi connectivity index (χ4v) is 4.42. The highest BCUT2D eigenvalue weighted by molar-refractivity contribution is 5.80. The number of fused-ring (bicyclic) bond motifs is 1. The van der Waals surface area contributed by atoms with Crippen LogP contribution < -0.4 is 10.2 Å². The number of benzene rings is 1. The zero-order valence-electron chi connectivity index (χ0n) is 15.2. The molecule has 0 bridgehead atoms. The number of rotatable bonds is 5. The predicted molar refractivity (Wildman–Crippen MR) is 102 cm³/mol. The Morgan fingerprint density at radius 2 is 2.08 bits per heavy atom. The van der Waals surface area contributed by atoms with Crippen molar-refractivity contribution in [2.24, 2.45) is 5.92 Å². The van der Waals surface area contributed by atoms with Crippen molar-refractivity contribution in [1.82, 2.24) is 10.3 Å². The minimum atomic E-state index is -0.0191. The van der Waals surface area contributed by atoms with Crippen LogP contribution in [0.5, 0.6) is 0 Å². The minimum Gasteiger partial charge on any atom is -0.368 e. The molecule has 1 aliphatic heterocycles. The molecule has 2 aromatic rings. The van der Waals surface area contributed by atoms with E-state index >= 15 is 0 Å². The quantitative estimate of drug-likeness (QED) is 0.903. The van der Waals surface area contributed by atoms with Crippen molar-refractivity contribution in [3.8, 4) is 0 Å². The van der Waals surface area contributed by atoms with E-state index in [0.29, 0.717) is 12.3 Å². The van der Waals surface area contributed by atoms with E-state index in [1.807, 2.05) is 12.4 Å². The standard InChI is InChI=1S/C22H25N3O/c1-15-8-20(12-23-11-15)25-13-19-10-22(19,14-25)24-21(26)9-16-2-4-17(5-3-16)18-6-7-18/h2-5,8,11-12,18-19H,6-7,9-10,13-14H2,1H3,(H,24,26). The molecule has 1 aromatic heterocycles. The van der Waals surface area contributed by atoms with E-state index in [1.54, 1.807) is 0 Å². The van der Waals surface area contributed by atoms with Gasteiger partial charge < -0.3 is 10.2 Å². The van der Waals surface area contributed by atoms with Crippen LogP contribution in [0, 0.1) is 12.8 Å². The van der Waals surface area contributed by atoms with E-state index in [2.05, 4.69) is 52.5 Å². The van der Waals surface area contributed by atoms with Gasteiger partial charge in [0.15, 0.2) is 0 Å². The molecule has 0 radical (unpaired) electrons. The van der Waals surface area contributed by atoms with Gasteiger partial charge in [0.25, 0.3) is 0 Å². The van der Waals surface area contributed by atoms with E-state index in [4.69, 9.17) is 0 Å². The van der Waals surface area contributed by atoms with Gasteiger partial charge in [0.05, 0.1) is 23.8 Å². The molecular weight excluding hydrogens is 322 g/mol. The molecule has 1 amide bonds. The zero-order valence-corrected chi connectivity index (χ0v) is 15.2. The number of hydrogen-bond acceptors (Lipinski definition) is 3. The molecule has 134 valence electrons. The number of anilines is 1. The van der Waals surface area contributed by atoms with Crippen molar-refractivity contribution in [1.29, 1.82) is 0 Å². The Hall–Kier alpha value is -2.36. The van der Waals surface area contributed by atoms with Gasteiger partial charge in [-0.05, 0) is 54.9 Å². The lowest BCUT2D eigenvalue weighted by Crippen LogP contribution is -2.43. The minimum absolute atomic E-state index is 0.0191. The second-order valence-corrected chi connectivity index (χ2v) is 8.40. The lowest BCUT2D eigenvalue weighted by molar-refractivity contribution is -0.121. The maximum Gasteiger partial charge on any atom is 0.224 e. The van der Waals surface area contributed by atoms with E-state index in [1.165, 1.54) is 29.7 Å². The van der Waals surface area contributed by atoms with Crippen LogP contribution in [-0.2, 0) is 11.2 Å². The highest BCUT2D eigenvalue weighted by Crippen LogP contribution is 2.50. The molecule has 2 unspecified atom stereocenters. The molecule has 2 atom stereocenters. The monoisotopic (exact) mass is 347 g/mol. The molecule has 4 heteroatoms. The molecule has 26 heavy (non-hydrogen) atoms. The highest BCUT2D eigenvalue weighted by atomic mass is 16.1. The third-order valence-corrected chi connectivity index (χ3v) is 6.15. The molecule has 4 nitrogen and oxygen atoms in total. The number of amides is 1. The van der Waals surface area contributed by atoms with Crippen LogP contribution in [0.3, 0.4) is 0 Å². The largest absolute Gasteiger partial charge is 0.368 e. The topological polar surface area (TPSA) is 45.2 Å². The molecule has 3 aliphatic rings. The summed E-state index contributed by atoms with van der Waals surface area (Å²) in [5.41, 5.74) is 4.86. The smallest absolute Gasteiger partial charge is 0.224 e. The number of carbonyl (C=O) groups excluding carboxylic acids is 1. The van der Waals surface area contributed by atoms with Gasteiger partial charge in [-0.1, -0.05) is 24.3 Å². The zero-order chi connectivity index (χ0) is 17.7. The number of hydrogen-bond donors (Lipinski definition) is 1. The number of carbonyl (C=O) groups is 1. The molecular formula is C22H25N3O. The number of nitrogens with one attached hydrogen (secondary N) is 1. The van der Waals surface area contributed by atoms with Crippen LogP contribution in [0.25, 0.3) is 0 Å². The number of aromatic nitrogens is 1. The van der Waals surface area contributed by atoms with Gasteiger partial charge in [-0.25, -0.2) is 0 Å². The molecule has 0 spiro atoms. The predicted octanol–water partition coefficient (Wildman–Crippen LogP) is 3.21. The van der Waals surface area contributed by atoms with Gasteiger partial charge in [0.1, 0.15) is 0 Å². The van der Waals surface area contributed by atoms with Crippen molar-refractivity contribution < 1.29 is 4.79 Å². The van der Waals surface area contributed by atoms with Crippen LogP contribution in [-0.4, -0.2) is 29.5 Å². The van der Waals surface area contributed by atoms with Crippen molar-refractivity contribution in [2.45, 2.75) is 44.1 Å². The van der Waals surface area contributed by atoms with Crippen molar-refractivity contribution in [3.05, 3.63) is 59.4 Å². The van der Waals surface area contributed by atoms with Crippen molar-refractivity contribution >= 4 is 11.6 Å². The molecule has 2 aliphatic carbocycles. The van der Waals surface area contributed by atoms with E-state index in [0.717, 1.165) is 31.0 Å². The molecule has 3 fully saturated rings. The van der Waals surface area contributed by atoms with Crippen LogP contribution in [0.2, 0.25) is 0 Å². The molecule has 5 rings (SSSR count). The Morgan fingerprint density at radius 1 is 1.27 bits per heavy atom. The Labute approximate surface area is 154 Å². The second kappa shape index (κ2) is 5.83. The summed E-state index contributed by atoms with van der Waals surface area (Å²) in [6.45, 7) is 3.98. The Kier molecular flexibility index (Phi) is 3.56. The maximum absolute atomic E-state index is 12.6. The van der Waals surface area contributed by atoms with Crippen LogP contribution in [0.4, 0.5) is 5.69 Å². The van der Waals surface area contributed by atoms with E-state index in [-0.39, 0.29) is 11.4 Å². The van der Waals surface area contributed by atoms with Crippen molar-refractivity contribution in [2.75, 3.05) is 18.0 Å². The number of aryl methyl sites for hydroxylation is 1. The van der Waals surface area contributed by atoms with E-state index < -0.39 is 0 Å². The van der Waals surface area contributed by atoms with E-state index in [9.17, 15) is 4.79 Å². The number of nitrogens with zero attached hydrogens (tertiary/aromatic N) is 2. The lowest BCUT2D eigenvalue weighted by Gasteiger charge is -2.23. The van der Waals surface area contributed by atoms with Crippen LogP contribution in [0.1, 0.15) is 41.9 Å². The van der Waals surface area contributed by atoms with Gasteiger partial charge in [0.2, 0.25) is 5.91 Å². The third kappa shape index (κ3) is 2.98. The summed E-state index contributed by atoms with van der Waals surface area (Å²) in [6.07, 6.45) is 8.02. The number of pyridine rings is 1. The highest BCUT2D eigenvalue weighted by Gasteiger charge is 2.60. The summed E-state index contributed by atoms with van der Waals surface area (Å²) in [4.78, 5) is 19.2. The third-order valence-electron chi connectivity index (χ3n) is 6.15. The average Bonchev–Trinajstić information content (AvgIpc) is 3.54. The normalized spacial score (nSPS) is 26.5. The fourth-order valence-electron chi connectivity index (χ4n) is 4.42. The summed E-state index contributed by atoms with van der Waals surface area (Å²) in [5.74, 6) is 1.49. The molecule has 2 heterocycles. The van der Waals surface area contributed by atoms with Gasteiger partial charge in [0, 0.05) is 25.2 Å². The first kappa shape index (κ1) is 15.9. The first-order valence-electron chi connectivity index (χ1n) is 9.68. The summed E-state index contributed by atoms with van der Waals surface area (Å²) >= 11 is 0. The maximum atomic E-state index is 12.6. The van der Waals surface area contributed by atoms with Crippen molar-refractivity contribution in [3.63, 3.8) is 0 Å². The molecule has 1 saturated heterocycles. The van der Waals surface area contributed by atoms with Gasteiger partial charge in [-0.2, -0.15) is 0 Å². The Bertz CT molecular complexity index is 843. The molecule has 1 N–H and O–H groups in total.